The number of aromatic hydroxyl groups is 2. The van der Waals surface area contributed by atoms with Gasteiger partial charge in [-0.2, -0.15) is 0 Å². The number of nitrogens with two attached hydrogens (primary N) is 1. The number of phenolic OH excluding ortho intramolecular Hbond substituents is 2. The maximum Gasteiger partial charge on any atom is 0.157 e. The van der Waals surface area contributed by atoms with Crippen molar-refractivity contribution in [3.05, 3.63) is 23.8 Å². The van der Waals surface area contributed by atoms with Crippen LogP contribution >= 0.6 is 0 Å². The van der Waals surface area contributed by atoms with Gasteiger partial charge >= 0.3 is 0 Å². The fourth-order valence-electron chi connectivity index (χ4n) is 1.17. The normalized spacial score (nSPS) is 15.1. The van der Waals surface area contributed by atoms with Gasteiger partial charge in [-0.3, -0.25) is 0 Å². The third-order valence-electron chi connectivity index (χ3n) is 2.43. The summed E-state index contributed by atoms with van der Waals surface area (Å²) in [6.45, 7) is 2.12. The first kappa shape index (κ1) is 10.8. The zero-order valence-corrected chi connectivity index (χ0v) is 8.32. The predicted octanol–water partition coefficient (Wildman–Crippen LogP) is 0.918. The highest BCUT2D eigenvalue weighted by Crippen LogP contribution is 2.31. The van der Waals surface area contributed by atoms with Gasteiger partial charge in [0.2, 0.25) is 0 Å². The van der Waals surface area contributed by atoms with Crippen LogP contribution in [-0.4, -0.2) is 23.9 Å². The summed E-state index contributed by atoms with van der Waals surface area (Å²) in [6.07, 6.45) is 0. The molecule has 0 aliphatic carbocycles. The minimum atomic E-state index is -0.634. The lowest BCUT2D eigenvalue weighted by Crippen LogP contribution is -2.33. The molecule has 0 aliphatic heterocycles. The van der Waals surface area contributed by atoms with E-state index < -0.39 is 5.60 Å². The summed E-state index contributed by atoms with van der Waals surface area (Å²) in [5, 5.41) is 18.4. The van der Waals surface area contributed by atoms with Gasteiger partial charge in [-0.05, 0) is 24.6 Å². The van der Waals surface area contributed by atoms with E-state index in [1.165, 1.54) is 12.1 Å². The van der Waals surface area contributed by atoms with Crippen molar-refractivity contribution in [2.45, 2.75) is 12.5 Å². The van der Waals surface area contributed by atoms with Crippen LogP contribution in [0.3, 0.4) is 0 Å². The van der Waals surface area contributed by atoms with Gasteiger partial charge in [0.25, 0.3) is 0 Å². The van der Waals surface area contributed by atoms with Gasteiger partial charge in [0.1, 0.15) is 5.60 Å². The summed E-state index contributed by atoms with van der Waals surface area (Å²) in [5.41, 5.74) is 5.67. The van der Waals surface area contributed by atoms with Crippen molar-refractivity contribution >= 4 is 0 Å². The Morgan fingerprint density at radius 2 is 2.00 bits per heavy atom. The third-order valence-corrected chi connectivity index (χ3v) is 2.43. The first-order chi connectivity index (χ1) is 6.53. The van der Waals surface area contributed by atoms with Crippen molar-refractivity contribution < 1.29 is 14.9 Å². The summed E-state index contributed by atoms with van der Waals surface area (Å²) in [7, 11) is 1.55. The second kappa shape index (κ2) is 3.86. The van der Waals surface area contributed by atoms with E-state index in [1.54, 1.807) is 13.2 Å². The van der Waals surface area contributed by atoms with Gasteiger partial charge in [0, 0.05) is 13.7 Å². The maximum absolute atomic E-state index is 9.31. The van der Waals surface area contributed by atoms with Crippen molar-refractivity contribution in [1.82, 2.24) is 0 Å². The summed E-state index contributed by atoms with van der Waals surface area (Å²) in [4.78, 5) is 0. The van der Waals surface area contributed by atoms with Gasteiger partial charge in [-0.25, -0.2) is 0 Å². The molecular weight excluding hydrogens is 182 g/mol. The monoisotopic (exact) mass is 197 g/mol. The molecule has 0 radical (unpaired) electrons. The van der Waals surface area contributed by atoms with Gasteiger partial charge < -0.3 is 20.7 Å². The van der Waals surface area contributed by atoms with Crippen molar-refractivity contribution in [3.63, 3.8) is 0 Å². The lowest BCUT2D eigenvalue weighted by molar-refractivity contribution is 0.00988. The quantitative estimate of drug-likeness (QED) is 0.630. The zero-order valence-electron chi connectivity index (χ0n) is 8.32. The van der Waals surface area contributed by atoms with Crippen molar-refractivity contribution in [2.24, 2.45) is 5.73 Å². The number of hydrogen-bond acceptors (Lipinski definition) is 4. The van der Waals surface area contributed by atoms with Crippen LogP contribution in [0.15, 0.2) is 18.2 Å². The molecule has 0 amide bonds. The van der Waals surface area contributed by atoms with Gasteiger partial charge in [0.15, 0.2) is 11.5 Å². The lowest BCUT2D eigenvalue weighted by atomic mass is 9.95. The van der Waals surface area contributed by atoms with E-state index in [2.05, 4.69) is 0 Å². The Morgan fingerprint density at radius 3 is 2.43 bits per heavy atom. The zero-order chi connectivity index (χ0) is 10.8. The molecule has 4 heteroatoms. The molecule has 0 saturated carbocycles. The predicted molar refractivity (Wildman–Crippen MR) is 53.2 cm³/mol. The van der Waals surface area contributed by atoms with E-state index in [1.807, 2.05) is 6.92 Å². The molecule has 78 valence electrons. The summed E-state index contributed by atoms with van der Waals surface area (Å²) >= 11 is 0. The van der Waals surface area contributed by atoms with Gasteiger partial charge in [-0.1, -0.05) is 6.07 Å². The molecule has 0 aliphatic rings. The molecule has 0 aromatic heterocycles. The number of ether oxygens (including phenoxy) is 1. The van der Waals surface area contributed by atoms with Crippen molar-refractivity contribution in [3.8, 4) is 11.5 Å². The Hall–Kier alpha value is -1.26. The van der Waals surface area contributed by atoms with Crippen LogP contribution in [0, 0.1) is 0 Å². The molecule has 1 atom stereocenters. The van der Waals surface area contributed by atoms with Crippen LogP contribution in [0.4, 0.5) is 0 Å². The Bertz CT molecular complexity index is 321. The second-order valence-electron chi connectivity index (χ2n) is 3.34. The van der Waals surface area contributed by atoms with Crippen LogP contribution in [0.1, 0.15) is 12.5 Å². The van der Waals surface area contributed by atoms with Crippen molar-refractivity contribution in [1.29, 1.82) is 0 Å². The van der Waals surface area contributed by atoms with Crippen LogP contribution < -0.4 is 5.73 Å². The fraction of sp³-hybridized carbons (Fsp3) is 0.400. The molecule has 14 heavy (non-hydrogen) atoms. The van der Waals surface area contributed by atoms with Gasteiger partial charge in [-0.15, -0.1) is 0 Å². The van der Waals surface area contributed by atoms with Crippen molar-refractivity contribution in [2.75, 3.05) is 13.7 Å². The number of rotatable bonds is 3. The summed E-state index contributed by atoms with van der Waals surface area (Å²) in [6, 6.07) is 4.54. The molecule has 1 unspecified atom stereocenters. The average molecular weight is 197 g/mol. The van der Waals surface area contributed by atoms with Crippen LogP contribution in [-0.2, 0) is 10.3 Å². The minimum Gasteiger partial charge on any atom is -0.504 e. The van der Waals surface area contributed by atoms with Crippen LogP contribution in [0.2, 0.25) is 0 Å². The van der Waals surface area contributed by atoms with E-state index in [-0.39, 0.29) is 11.5 Å². The van der Waals surface area contributed by atoms with E-state index in [4.69, 9.17) is 15.6 Å². The molecule has 0 heterocycles. The van der Waals surface area contributed by atoms with Crippen LogP contribution in [0.5, 0.6) is 11.5 Å². The highest BCUT2D eigenvalue weighted by molar-refractivity contribution is 5.42. The Balaban J connectivity index is 3.12. The molecule has 4 N–H and O–H groups in total. The first-order valence-corrected chi connectivity index (χ1v) is 4.31. The number of hydrogen-bond donors (Lipinski definition) is 3. The number of methoxy groups -OCH3 is 1. The summed E-state index contributed by atoms with van der Waals surface area (Å²) < 4.78 is 5.25. The molecule has 0 bridgehead atoms. The van der Waals surface area contributed by atoms with E-state index >= 15 is 0 Å². The van der Waals surface area contributed by atoms with E-state index in [0.29, 0.717) is 6.54 Å². The van der Waals surface area contributed by atoms with Crippen LogP contribution in [0.25, 0.3) is 0 Å². The maximum atomic E-state index is 9.31. The summed E-state index contributed by atoms with van der Waals surface area (Å²) in [5.74, 6) is -0.316. The smallest absolute Gasteiger partial charge is 0.157 e. The standard InChI is InChI=1S/C10H15NO3/c1-10(6-11,14-2)7-3-4-8(12)9(13)5-7/h3-5,12-13H,6,11H2,1-2H3. The first-order valence-electron chi connectivity index (χ1n) is 4.31. The molecule has 1 aromatic carbocycles. The number of benzene rings is 1. The molecule has 4 nitrogen and oxygen atoms in total. The third kappa shape index (κ3) is 1.81. The van der Waals surface area contributed by atoms with E-state index in [9.17, 15) is 5.11 Å². The fourth-order valence-corrected chi connectivity index (χ4v) is 1.17. The lowest BCUT2D eigenvalue weighted by Gasteiger charge is -2.27. The highest BCUT2D eigenvalue weighted by atomic mass is 16.5. The minimum absolute atomic E-state index is 0.149. The molecular formula is C10H15NO3. The second-order valence-corrected chi connectivity index (χ2v) is 3.34. The topological polar surface area (TPSA) is 75.7 Å². The van der Waals surface area contributed by atoms with Gasteiger partial charge in [0.05, 0.1) is 0 Å². The largest absolute Gasteiger partial charge is 0.504 e. The molecule has 0 fully saturated rings. The molecule has 0 spiro atoms. The van der Waals surface area contributed by atoms with E-state index in [0.717, 1.165) is 5.56 Å². The molecule has 1 rings (SSSR count). The SMILES string of the molecule is COC(C)(CN)c1ccc(O)c(O)c1. The average Bonchev–Trinajstić information content (AvgIpc) is 2.21. The number of phenols is 2. The molecule has 1 aromatic rings. The Labute approximate surface area is 82.9 Å². The Morgan fingerprint density at radius 1 is 1.36 bits per heavy atom. The molecule has 0 saturated heterocycles. The Kier molecular flexibility index (Phi) is 2.98. The highest BCUT2D eigenvalue weighted by Gasteiger charge is 2.24.